The largest absolute Gasteiger partial charge is 0.340 e. The fraction of sp³-hybridized carbons (Fsp3) is 0.308. The van der Waals surface area contributed by atoms with Crippen molar-refractivity contribution in [1.82, 2.24) is 4.90 Å². The number of halogens is 2. The monoisotopic (exact) mass is 255 g/mol. The Morgan fingerprint density at radius 2 is 2.06 bits per heavy atom. The zero-order valence-corrected chi connectivity index (χ0v) is 10.7. The van der Waals surface area contributed by atoms with Crippen molar-refractivity contribution in [2.75, 3.05) is 13.1 Å². The van der Waals surface area contributed by atoms with Gasteiger partial charge in [-0.3, -0.25) is 4.79 Å². The average Bonchev–Trinajstić information content (AvgIpc) is 2.32. The van der Waals surface area contributed by atoms with Crippen LogP contribution >= 0.6 is 11.6 Å². The molecule has 0 aliphatic rings. The molecule has 0 aliphatic carbocycles. The van der Waals surface area contributed by atoms with Crippen molar-refractivity contribution in [3.05, 3.63) is 40.7 Å². The maximum absolute atomic E-state index is 12.9. The molecular formula is C13H15ClFNO. The molecule has 0 radical (unpaired) electrons. The van der Waals surface area contributed by atoms with Crippen LogP contribution in [0.2, 0.25) is 5.02 Å². The molecule has 4 heteroatoms. The summed E-state index contributed by atoms with van der Waals surface area (Å²) < 4.78 is 12.9. The summed E-state index contributed by atoms with van der Waals surface area (Å²) in [5.41, 5.74) is 0.705. The van der Waals surface area contributed by atoms with E-state index in [1.165, 1.54) is 18.2 Å². The van der Waals surface area contributed by atoms with Crippen molar-refractivity contribution in [3.63, 3.8) is 0 Å². The molecule has 0 unspecified atom stereocenters. The van der Waals surface area contributed by atoms with E-state index in [0.717, 1.165) is 0 Å². The average molecular weight is 256 g/mol. The molecule has 0 N–H and O–H groups in total. The number of nitrogens with zero attached hydrogens (tertiary/aromatic N) is 1. The molecule has 0 saturated heterocycles. The first-order valence-corrected chi connectivity index (χ1v) is 5.88. The van der Waals surface area contributed by atoms with E-state index < -0.39 is 5.82 Å². The van der Waals surface area contributed by atoms with Gasteiger partial charge in [-0.05, 0) is 37.6 Å². The van der Waals surface area contributed by atoms with Gasteiger partial charge in [0.05, 0.1) is 5.02 Å². The van der Waals surface area contributed by atoms with Crippen molar-refractivity contribution < 1.29 is 9.18 Å². The molecule has 92 valence electrons. The Kier molecular flexibility index (Phi) is 5.16. The fourth-order valence-electron chi connectivity index (χ4n) is 1.42. The van der Waals surface area contributed by atoms with E-state index in [1.807, 2.05) is 13.8 Å². The van der Waals surface area contributed by atoms with Gasteiger partial charge < -0.3 is 4.90 Å². The smallest absolute Gasteiger partial charge is 0.246 e. The molecule has 0 heterocycles. The first-order valence-electron chi connectivity index (χ1n) is 5.50. The summed E-state index contributed by atoms with van der Waals surface area (Å²) in [6.07, 6.45) is 3.10. The van der Waals surface area contributed by atoms with Gasteiger partial charge in [0.25, 0.3) is 0 Å². The molecule has 1 amide bonds. The predicted molar refractivity (Wildman–Crippen MR) is 68.4 cm³/mol. The van der Waals surface area contributed by atoms with Gasteiger partial charge in [-0.25, -0.2) is 4.39 Å². The molecule has 2 nitrogen and oxygen atoms in total. The van der Waals surface area contributed by atoms with Gasteiger partial charge in [-0.2, -0.15) is 0 Å². The van der Waals surface area contributed by atoms with Crippen LogP contribution in [0.1, 0.15) is 19.4 Å². The van der Waals surface area contributed by atoms with E-state index in [4.69, 9.17) is 11.6 Å². The van der Waals surface area contributed by atoms with Gasteiger partial charge >= 0.3 is 0 Å². The van der Waals surface area contributed by atoms with E-state index in [0.29, 0.717) is 18.7 Å². The number of likely N-dealkylation sites (N-methyl/N-ethyl adjacent to an activating group) is 1. The second-order valence-corrected chi connectivity index (χ2v) is 3.92. The van der Waals surface area contributed by atoms with Crippen molar-refractivity contribution in [2.45, 2.75) is 13.8 Å². The lowest BCUT2D eigenvalue weighted by Gasteiger charge is -2.15. The van der Waals surface area contributed by atoms with E-state index >= 15 is 0 Å². The molecular weight excluding hydrogens is 241 g/mol. The van der Waals surface area contributed by atoms with Gasteiger partial charge in [0.15, 0.2) is 0 Å². The number of rotatable bonds is 4. The Bertz CT molecular complexity index is 427. The third-order valence-corrected chi connectivity index (χ3v) is 2.73. The third kappa shape index (κ3) is 3.86. The number of hydrogen-bond acceptors (Lipinski definition) is 1. The highest BCUT2D eigenvalue weighted by Crippen LogP contribution is 2.16. The van der Waals surface area contributed by atoms with Crippen LogP contribution in [0.15, 0.2) is 24.3 Å². The summed E-state index contributed by atoms with van der Waals surface area (Å²) in [5.74, 6) is -0.519. The molecule has 0 spiro atoms. The van der Waals surface area contributed by atoms with Crippen molar-refractivity contribution in [1.29, 1.82) is 0 Å². The lowest BCUT2D eigenvalue weighted by Crippen LogP contribution is -2.28. The molecule has 0 fully saturated rings. The summed E-state index contributed by atoms with van der Waals surface area (Å²) in [6, 6.07) is 4.35. The summed E-state index contributed by atoms with van der Waals surface area (Å²) in [7, 11) is 0. The SMILES string of the molecule is CCN(CC)C(=O)/C=C\c1ccc(F)c(Cl)c1. The van der Waals surface area contributed by atoms with Crippen LogP contribution in [0.4, 0.5) is 4.39 Å². The quantitative estimate of drug-likeness (QED) is 0.756. The number of hydrogen-bond donors (Lipinski definition) is 0. The Labute approximate surface area is 106 Å². The predicted octanol–water partition coefficient (Wildman–Crippen LogP) is 3.36. The first kappa shape index (κ1) is 13.7. The molecule has 0 atom stereocenters. The normalized spacial score (nSPS) is 10.8. The van der Waals surface area contributed by atoms with E-state index in [-0.39, 0.29) is 10.9 Å². The van der Waals surface area contributed by atoms with Crippen molar-refractivity contribution >= 4 is 23.6 Å². The van der Waals surface area contributed by atoms with Gasteiger partial charge in [0, 0.05) is 19.2 Å². The third-order valence-electron chi connectivity index (χ3n) is 2.44. The van der Waals surface area contributed by atoms with E-state index in [9.17, 15) is 9.18 Å². The summed E-state index contributed by atoms with van der Waals surface area (Å²) >= 11 is 5.64. The molecule has 1 aromatic rings. The maximum atomic E-state index is 12.9. The van der Waals surface area contributed by atoms with E-state index in [1.54, 1.807) is 17.0 Å². The summed E-state index contributed by atoms with van der Waals surface area (Å²) in [4.78, 5) is 13.4. The van der Waals surface area contributed by atoms with Crippen LogP contribution in [-0.2, 0) is 4.79 Å². The summed E-state index contributed by atoms with van der Waals surface area (Å²) in [6.45, 7) is 5.18. The highest BCUT2D eigenvalue weighted by molar-refractivity contribution is 6.30. The summed E-state index contributed by atoms with van der Waals surface area (Å²) in [5, 5.41) is 0.0578. The Hall–Kier alpha value is -1.35. The lowest BCUT2D eigenvalue weighted by molar-refractivity contribution is -0.125. The molecule has 17 heavy (non-hydrogen) atoms. The molecule has 0 saturated carbocycles. The Balaban J connectivity index is 2.76. The second-order valence-electron chi connectivity index (χ2n) is 3.52. The standard InChI is InChI=1S/C13H15ClFNO/c1-3-16(4-2)13(17)8-6-10-5-7-12(15)11(14)9-10/h5-9H,3-4H2,1-2H3/b8-6-. The Morgan fingerprint density at radius 1 is 1.41 bits per heavy atom. The number of carbonyl (C=O) groups is 1. The van der Waals surface area contributed by atoms with Gasteiger partial charge in [0.1, 0.15) is 5.82 Å². The zero-order valence-electron chi connectivity index (χ0n) is 9.91. The minimum Gasteiger partial charge on any atom is -0.340 e. The molecule has 0 aromatic heterocycles. The van der Waals surface area contributed by atoms with Crippen LogP contribution < -0.4 is 0 Å². The minimum absolute atomic E-state index is 0.0578. The fourth-order valence-corrected chi connectivity index (χ4v) is 1.61. The van der Waals surface area contributed by atoms with Gasteiger partial charge in [-0.15, -0.1) is 0 Å². The van der Waals surface area contributed by atoms with Crippen LogP contribution in [0.5, 0.6) is 0 Å². The molecule has 0 aliphatic heterocycles. The maximum Gasteiger partial charge on any atom is 0.246 e. The first-order chi connectivity index (χ1) is 8.08. The van der Waals surface area contributed by atoms with Crippen molar-refractivity contribution in [2.24, 2.45) is 0 Å². The molecule has 1 aromatic carbocycles. The highest BCUT2D eigenvalue weighted by atomic mass is 35.5. The van der Waals surface area contributed by atoms with Gasteiger partial charge in [-0.1, -0.05) is 17.7 Å². The highest BCUT2D eigenvalue weighted by Gasteiger charge is 2.05. The number of amides is 1. The second kappa shape index (κ2) is 6.40. The van der Waals surface area contributed by atoms with Crippen LogP contribution in [0, 0.1) is 5.82 Å². The van der Waals surface area contributed by atoms with Crippen LogP contribution in [0.3, 0.4) is 0 Å². The number of benzene rings is 1. The van der Waals surface area contributed by atoms with Gasteiger partial charge in [0.2, 0.25) is 5.91 Å². The topological polar surface area (TPSA) is 20.3 Å². The number of carbonyl (C=O) groups excluding carboxylic acids is 1. The molecule has 0 bridgehead atoms. The van der Waals surface area contributed by atoms with E-state index in [2.05, 4.69) is 0 Å². The zero-order chi connectivity index (χ0) is 12.8. The van der Waals surface area contributed by atoms with Crippen molar-refractivity contribution in [3.8, 4) is 0 Å². The molecule has 1 rings (SSSR count). The lowest BCUT2D eigenvalue weighted by atomic mass is 10.2. The Morgan fingerprint density at radius 3 is 2.59 bits per heavy atom. The minimum atomic E-state index is -0.459. The van der Waals surface area contributed by atoms with Crippen LogP contribution in [-0.4, -0.2) is 23.9 Å². The van der Waals surface area contributed by atoms with Crippen LogP contribution in [0.25, 0.3) is 6.08 Å².